The average molecular weight is 436 g/mol. The zero-order valence-electron chi connectivity index (χ0n) is 18.8. The molecular formula is C25H29N3O4. The van der Waals surface area contributed by atoms with E-state index in [-0.39, 0.29) is 18.6 Å². The van der Waals surface area contributed by atoms with Gasteiger partial charge in [-0.25, -0.2) is 9.78 Å². The third kappa shape index (κ3) is 4.34. The third-order valence-corrected chi connectivity index (χ3v) is 5.53. The van der Waals surface area contributed by atoms with Crippen LogP contribution in [0.4, 0.5) is 5.95 Å². The fourth-order valence-corrected chi connectivity index (χ4v) is 3.92. The predicted molar refractivity (Wildman–Crippen MR) is 124 cm³/mol. The molecule has 0 bridgehead atoms. The summed E-state index contributed by atoms with van der Waals surface area (Å²) in [6, 6.07) is 15.5. The van der Waals surface area contributed by atoms with Crippen molar-refractivity contribution in [2.75, 3.05) is 32.2 Å². The molecule has 1 aromatic heterocycles. The van der Waals surface area contributed by atoms with E-state index in [0.29, 0.717) is 24.7 Å². The highest BCUT2D eigenvalue weighted by atomic mass is 16.6. The molecule has 2 heterocycles. The van der Waals surface area contributed by atoms with Crippen molar-refractivity contribution in [3.63, 3.8) is 0 Å². The molecule has 32 heavy (non-hydrogen) atoms. The number of rotatable bonds is 9. The molecule has 0 fully saturated rings. The van der Waals surface area contributed by atoms with Gasteiger partial charge in [-0.05, 0) is 43.2 Å². The summed E-state index contributed by atoms with van der Waals surface area (Å²) >= 11 is 0. The first-order valence-corrected chi connectivity index (χ1v) is 11.0. The summed E-state index contributed by atoms with van der Waals surface area (Å²) in [5.41, 5.74) is 4.04. The Labute approximate surface area is 188 Å². The minimum Gasteiger partial charge on any atom is -0.494 e. The van der Waals surface area contributed by atoms with Crippen molar-refractivity contribution < 1.29 is 19.0 Å². The summed E-state index contributed by atoms with van der Waals surface area (Å²) in [5, 5.41) is 3.29. The molecule has 0 saturated heterocycles. The number of carbonyl (C=O) groups excluding carboxylic acids is 1. The molecule has 7 heteroatoms. The maximum absolute atomic E-state index is 13.1. The first-order valence-electron chi connectivity index (χ1n) is 11.0. The maximum atomic E-state index is 13.1. The largest absolute Gasteiger partial charge is 0.494 e. The summed E-state index contributed by atoms with van der Waals surface area (Å²) in [5.74, 6) is 1.14. The van der Waals surface area contributed by atoms with Crippen LogP contribution in [0.15, 0.2) is 59.8 Å². The fraction of sp³-hybridized carbons (Fsp3) is 0.360. The highest BCUT2D eigenvalue weighted by Gasteiger charge is 2.35. The molecule has 0 spiro atoms. The van der Waals surface area contributed by atoms with E-state index >= 15 is 0 Å². The van der Waals surface area contributed by atoms with E-state index in [1.54, 1.807) is 7.11 Å². The van der Waals surface area contributed by atoms with Gasteiger partial charge >= 0.3 is 5.97 Å². The molecule has 2 aromatic carbocycles. The Bertz CT molecular complexity index is 1120. The Morgan fingerprint density at radius 2 is 1.88 bits per heavy atom. The van der Waals surface area contributed by atoms with E-state index in [4.69, 9.17) is 19.2 Å². The quantitative estimate of drug-likeness (QED) is 0.388. The number of fused-ring (bicyclic) bond motifs is 3. The lowest BCUT2D eigenvalue weighted by molar-refractivity contribution is -0.140. The number of ether oxygens (including phenoxy) is 3. The van der Waals surface area contributed by atoms with Gasteiger partial charge in [-0.1, -0.05) is 37.6 Å². The van der Waals surface area contributed by atoms with Crippen molar-refractivity contribution in [2.45, 2.75) is 32.7 Å². The number of nitrogens with one attached hydrogen (secondary N) is 1. The molecule has 168 valence electrons. The van der Waals surface area contributed by atoms with Gasteiger partial charge in [0.2, 0.25) is 5.95 Å². The van der Waals surface area contributed by atoms with Gasteiger partial charge < -0.3 is 19.5 Å². The zero-order chi connectivity index (χ0) is 22.5. The molecular weight excluding hydrogens is 406 g/mol. The van der Waals surface area contributed by atoms with Crippen LogP contribution in [-0.2, 0) is 14.3 Å². The van der Waals surface area contributed by atoms with E-state index in [1.165, 1.54) is 0 Å². The molecule has 0 saturated carbocycles. The van der Waals surface area contributed by atoms with Crippen LogP contribution in [0.1, 0.15) is 38.3 Å². The van der Waals surface area contributed by atoms with Crippen molar-refractivity contribution in [1.82, 2.24) is 9.55 Å². The van der Waals surface area contributed by atoms with Gasteiger partial charge in [0, 0.05) is 12.8 Å². The van der Waals surface area contributed by atoms with Crippen molar-refractivity contribution in [3.05, 3.63) is 65.4 Å². The van der Waals surface area contributed by atoms with E-state index in [2.05, 4.69) is 16.8 Å². The molecule has 1 N–H and O–H groups in total. The number of para-hydroxylation sites is 2. The van der Waals surface area contributed by atoms with Gasteiger partial charge in [0.05, 0.1) is 35.9 Å². The number of allylic oxidation sites excluding steroid dienone is 1. The first kappa shape index (κ1) is 21.9. The van der Waals surface area contributed by atoms with Crippen LogP contribution in [0.25, 0.3) is 11.0 Å². The van der Waals surface area contributed by atoms with Crippen molar-refractivity contribution in [3.8, 4) is 5.75 Å². The molecule has 0 radical (unpaired) electrons. The number of carbonyl (C=O) groups is 1. The van der Waals surface area contributed by atoms with E-state index in [1.807, 2.05) is 55.5 Å². The fourth-order valence-electron chi connectivity index (χ4n) is 3.92. The van der Waals surface area contributed by atoms with Crippen LogP contribution >= 0.6 is 0 Å². The number of hydrogen-bond donors (Lipinski definition) is 1. The number of esters is 1. The SMILES string of the molecule is CCCCOc1ccc([C@@H]2C(C(=O)OCCOC)=C(C)Nc3nc4ccccc4n32)cc1. The minimum absolute atomic E-state index is 0.195. The van der Waals surface area contributed by atoms with Gasteiger partial charge in [-0.15, -0.1) is 0 Å². The summed E-state index contributed by atoms with van der Waals surface area (Å²) in [4.78, 5) is 17.9. The van der Waals surface area contributed by atoms with Gasteiger partial charge in [0.15, 0.2) is 0 Å². The van der Waals surface area contributed by atoms with Gasteiger partial charge in [-0.2, -0.15) is 0 Å². The molecule has 1 aliphatic heterocycles. The second-order valence-corrected chi connectivity index (χ2v) is 7.76. The number of nitrogens with zero attached hydrogens (tertiary/aromatic N) is 2. The number of hydrogen-bond acceptors (Lipinski definition) is 6. The van der Waals surface area contributed by atoms with Crippen LogP contribution in [0.5, 0.6) is 5.75 Å². The lowest BCUT2D eigenvalue weighted by Crippen LogP contribution is -2.29. The molecule has 3 aromatic rings. The lowest BCUT2D eigenvalue weighted by atomic mass is 9.95. The number of imidazole rings is 1. The topological polar surface area (TPSA) is 74.6 Å². The molecule has 4 rings (SSSR count). The Hall–Kier alpha value is -3.32. The normalized spacial score (nSPS) is 15.4. The molecule has 7 nitrogen and oxygen atoms in total. The van der Waals surface area contributed by atoms with Crippen LogP contribution in [-0.4, -0.2) is 42.5 Å². The third-order valence-electron chi connectivity index (χ3n) is 5.53. The average Bonchev–Trinajstić information content (AvgIpc) is 3.17. The number of benzene rings is 2. The summed E-state index contributed by atoms with van der Waals surface area (Å²) < 4.78 is 18.4. The smallest absolute Gasteiger partial charge is 0.338 e. The van der Waals surface area contributed by atoms with Gasteiger partial charge in [0.1, 0.15) is 12.4 Å². The maximum Gasteiger partial charge on any atom is 0.338 e. The van der Waals surface area contributed by atoms with Crippen LogP contribution < -0.4 is 10.1 Å². The van der Waals surface area contributed by atoms with Crippen molar-refractivity contribution >= 4 is 23.0 Å². The Morgan fingerprint density at radius 1 is 1.09 bits per heavy atom. The second kappa shape index (κ2) is 9.87. The highest BCUT2D eigenvalue weighted by Crippen LogP contribution is 2.39. The molecule has 0 aliphatic carbocycles. The number of methoxy groups -OCH3 is 1. The first-order chi connectivity index (χ1) is 15.6. The van der Waals surface area contributed by atoms with Gasteiger partial charge in [0.25, 0.3) is 0 Å². The molecule has 0 amide bonds. The molecule has 1 atom stereocenters. The number of unbranched alkanes of at least 4 members (excludes halogenated alkanes) is 1. The minimum atomic E-state index is -0.376. The van der Waals surface area contributed by atoms with Crippen LogP contribution in [0.2, 0.25) is 0 Å². The van der Waals surface area contributed by atoms with Gasteiger partial charge in [-0.3, -0.25) is 4.57 Å². The Balaban J connectivity index is 1.75. The summed E-state index contributed by atoms with van der Waals surface area (Å²) in [7, 11) is 1.58. The van der Waals surface area contributed by atoms with Crippen molar-refractivity contribution in [2.24, 2.45) is 0 Å². The number of aromatic nitrogens is 2. The van der Waals surface area contributed by atoms with E-state index in [0.717, 1.165) is 40.9 Å². The predicted octanol–water partition coefficient (Wildman–Crippen LogP) is 4.69. The van der Waals surface area contributed by atoms with E-state index < -0.39 is 0 Å². The highest BCUT2D eigenvalue weighted by molar-refractivity contribution is 5.94. The summed E-state index contributed by atoms with van der Waals surface area (Å²) in [6.45, 7) is 5.25. The van der Waals surface area contributed by atoms with Crippen LogP contribution in [0, 0.1) is 0 Å². The zero-order valence-corrected chi connectivity index (χ0v) is 18.8. The lowest BCUT2D eigenvalue weighted by Gasteiger charge is -2.30. The number of anilines is 1. The van der Waals surface area contributed by atoms with Crippen LogP contribution in [0.3, 0.4) is 0 Å². The Kier molecular flexibility index (Phi) is 6.75. The molecule has 1 aliphatic rings. The van der Waals surface area contributed by atoms with Crippen molar-refractivity contribution in [1.29, 1.82) is 0 Å². The van der Waals surface area contributed by atoms with E-state index in [9.17, 15) is 4.79 Å². The standard InChI is InChI=1S/C25H29N3O4/c1-4-5-14-31-19-12-10-18(11-13-19)23-22(24(29)32-16-15-30-3)17(2)26-25-27-20-8-6-7-9-21(20)28(23)25/h6-13,23H,4-5,14-16H2,1-3H3,(H,26,27)/t23-/m1/s1. The monoisotopic (exact) mass is 435 g/mol. The Morgan fingerprint density at radius 3 is 2.62 bits per heavy atom. The summed E-state index contributed by atoms with van der Waals surface area (Å²) in [6.07, 6.45) is 2.10. The molecule has 0 unspecified atom stereocenters. The second-order valence-electron chi connectivity index (χ2n) is 7.76.